The van der Waals surface area contributed by atoms with Gasteiger partial charge < -0.3 is 25.8 Å². The van der Waals surface area contributed by atoms with Crippen molar-refractivity contribution in [2.45, 2.75) is 71.8 Å². The van der Waals surface area contributed by atoms with Crippen molar-refractivity contribution in [2.24, 2.45) is 11.3 Å². The second-order valence-electron chi connectivity index (χ2n) is 10.7. The Morgan fingerprint density at radius 3 is 2.31 bits per heavy atom. The number of likely N-dealkylation sites (tertiary alicyclic amines) is 2. The number of carbonyl (C=O) groups is 4. The van der Waals surface area contributed by atoms with Gasteiger partial charge in [-0.3, -0.25) is 19.2 Å². The van der Waals surface area contributed by atoms with Crippen molar-refractivity contribution in [1.82, 2.24) is 25.8 Å². The minimum atomic E-state index is -0.760. The number of hydrogen-bond donors (Lipinski definition) is 3. The quantitative estimate of drug-likeness (QED) is 0.531. The molecule has 2 fully saturated rings. The summed E-state index contributed by atoms with van der Waals surface area (Å²) in [7, 11) is 1.69. The summed E-state index contributed by atoms with van der Waals surface area (Å²) >= 11 is 0. The highest BCUT2D eigenvalue weighted by molar-refractivity contribution is 5.91. The Hall–Kier alpha value is -2.94. The molecule has 35 heavy (non-hydrogen) atoms. The van der Waals surface area contributed by atoms with Gasteiger partial charge in [0.05, 0.1) is 24.0 Å². The molecule has 0 saturated carbocycles. The van der Waals surface area contributed by atoms with Crippen LogP contribution in [-0.2, 0) is 25.7 Å². The van der Waals surface area contributed by atoms with Crippen LogP contribution in [0, 0.1) is 11.3 Å². The zero-order valence-corrected chi connectivity index (χ0v) is 21.6. The molecule has 0 aliphatic carbocycles. The zero-order chi connectivity index (χ0) is 25.9. The van der Waals surface area contributed by atoms with Crippen molar-refractivity contribution in [3.05, 3.63) is 35.9 Å². The molecule has 0 radical (unpaired) electrons. The summed E-state index contributed by atoms with van der Waals surface area (Å²) in [5.74, 6) is -1.28. The van der Waals surface area contributed by atoms with Gasteiger partial charge in [-0.25, -0.2) is 0 Å². The molecule has 3 rings (SSSR count). The summed E-state index contributed by atoms with van der Waals surface area (Å²) in [6, 6.07) is 7.78. The van der Waals surface area contributed by atoms with Gasteiger partial charge in [0.2, 0.25) is 23.6 Å². The largest absolute Gasteiger partial charge is 0.352 e. The standard InChI is InChI=1S/C26H39N5O4/c1-16(27-6)23(33)29-22(26(3,4)5)25(35)30-13-12-20-21(30)19(15-31(20)17(2)32)24(34)28-14-18-10-8-7-9-11-18/h7-11,16,19-22,27H,12-15H2,1-6H3,(H,28,34)(H,29,33)/t16-,19+,20-,21-,22-/m1/s1. The summed E-state index contributed by atoms with van der Waals surface area (Å²) in [5, 5.41) is 8.81. The highest BCUT2D eigenvalue weighted by Gasteiger charge is 2.54. The molecule has 2 heterocycles. The maximum atomic E-state index is 13.9. The van der Waals surface area contributed by atoms with Crippen LogP contribution in [0.2, 0.25) is 0 Å². The van der Waals surface area contributed by atoms with Gasteiger partial charge in [-0.1, -0.05) is 51.1 Å². The van der Waals surface area contributed by atoms with E-state index < -0.39 is 29.5 Å². The van der Waals surface area contributed by atoms with Crippen molar-refractivity contribution in [2.75, 3.05) is 20.1 Å². The summed E-state index contributed by atoms with van der Waals surface area (Å²) in [6.45, 7) is 10.1. The molecule has 0 spiro atoms. The average Bonchev–Trinajstić information content (AvgIpc) is 3.40. The topological polar surface area (TPSA) is 111 Å². The molecule has 2 saturated heterocycles. The van der Waals surface area contributed by atoms with E-state index in [2.05, 4.69) is 16.0 Å². The van der Waals surface area contributed by atoms with E-state index in [0.717, 1.165) is 5.56 Å². The summed E-state index contributed by atoms with van der Waals surface area (Å²) in [4.78, 5) is 55.6. The molecule has 0 bridgehead atoms. The van der Waals surface area contributed by atoms with Crippen LogP contribution in [0.1, 0.15) is 46.6 Å². The van der Waals surface area contributed by atoms with Crippen molar-refractivity contribution in [3.8, 4) is 0 Å². The van der Waals surface area contributed by atoms with Gasteiger partial charge in [-0.2, -0.15) is 0 Å². The lowest BCUT2D eigenvalue weighted by Crippen LogP contribution is -2.59. The average molecular weight is 486 g/mol. The van der Waals surface area contributed by atoms with E-state index in [-0.39, 0.29) is 36.2 Å². The summed E-state index contributed by atoms with van der Waals surface area (Å²) in [5.41, 5.74) is 0.440. The van der Waals surface area contributed by atoms with Gasteiger partial charge in [0.25, 0.3) is 0 Å². The molecule has 9 nitrogen and oxygen atoms in total. The molecule has 2 aliphatic heterocycles. The molecule has 3 N–H and O–H groups in total. The number of hydrogen-bond acceptors (Lipinski definition) is 5. The molecule has 9 heteroatoms. The number of rotatable bonds is 7. The van der Waals surface area contributed by atoms with Crippen molar-refractivity contribution < 1.29 is 19.2 Å². The number of nitrogens with zero attached hydrogens (tertiary/aromatic N) is 2. The molecule has 2 aliphatic rings. The molecule has 1 aromatic carbocycles. The van der Waals surface area contributed by atoms with Crippen LogP contribution in [0.4, 0.5) is 0 Å². The second-order valence-corrected chi connectivity index (χ2v) is 10.7. The monoisotopic (exact) mass is 485 g/mol. The Balaban J connectivity index is 1.83. The third-order valence-corrected chi connectivity index (χ3v) is 7.19. The Kier molecular flexibility index (Phi) is 8.20. The van der Waals surface area contributed by atoms with E-state index in [4.69, 9.17) is 0 Å². The highest BCUT2D eigenvalue weighted by atomic mass is 16.2. The molecule has 0 aromatic heterocycles. The maximum absolute atomic E-state index is 13.9. The van der Waals surface area contributed by atoms with Crippen molar-refractivity contribution >= 4 is 23.6 Å². The third-order valence-electron chi connectivity index (χ3n) is 7.19. The van der Waals surface area contributed by atoms with E-state index in [9.17, 15) is 19.2 Å². The van der Waals surface area contributed by atoms with Gasteiger partial charge in [0.15, 0.2) is 0 Å². The van der Waals surface area contributed by atoms with Gasteiger partial charge >= 0.3 is 0 Å². The fourth-order valence-corrected chi connectivity index (χ4v) is 5.07. The Bertz CT molecular complexity index is 945. The normalized spacial score (nSPS) is 23.4. The van der Waals surface area contributed by atoms with E-state index in [1.165, 1.54) is 6.92 Å². The van der Waals surface area contributed by atoms with E-state index in [1.807, 2.05) is 51.1 Å². The lowest BCUT2D eigenvalue weighted by molar-refractivity contribution is -0.142. The number of carbonyl (C=O) groups excluding carboxylic acids is 4. The second kappa shape index (κ2) is 10.8. The van der Waals surface area contributed by atoms with Crippen LogP contribution >= 0.6 is 0 Å². The minimum absolute atomic E-state index is 0.101. The van der Waals surface area contributed by atoms with Gasteiger partial charge in [-0.15, -0.1) is 0 Å². The fourth-order valence-electron chi connectivity index (χ4n) is 5.07. The Labute approximate surface area is 208 Å². The molecule has 1 aromatic rings. The first kappa shape index (κ1) is 26.7. The molecule has 0 unspecified atom stereocenters. The number of nitrogens with one attached hydrogen (secondary N) is 3. The number of fused-ring (bicyclic) bond motifs is 1. The first-order chi connectivity index (χ1) is 16.5. The van der Waals surface area contributed by atoms with Crippen LogP contribution in [0.3, 0.4) is 0 Å². The first-order valence-electron chi connectivity index (χ1n) is 12.3. The van der Waals surface area contributed by atoms with E-state index >= 15 is 0 Å². The fraction of sp³-hybridized carbons (Fsp3) is 0.615. The van der Waals surface area contributed by atoms with Gasteiger partial charge in [0, 0.05) is 26.6 Å². The SMILES string of the molecule is CN[C@H](C)C(=O)N[C@H](C(=O)N1CC[C@@H]2[C@H]1[C@@H](C(=O)NCc1ccccc1)CN2C(C)=O)C(C)(C)C. The Morgan fingerprint density at radius 2 is 1.74 bits per heavy atom. The van der Waals surface area contributed by atoms with Crippen molar-refractivity contribution in [1.29, 1.82) is 0 Å². The number of benzene rings is 1. The molecule has 5 atom stereocenters. The van der Waals surface area contributed by atoms with Crippen LogP contribution in [0.15, 0.2) is 30.3 Å². The predicted molar refractivity (Wildman–Crippen MR) is 133 cm³/mol. The van der Waals surface area contributed by atoms with Crippen LogP contribution < -0.4 is 16.0 Å². The lowest BCUT2D eigenvalue weighted by atomic mass is 9.85. The molecular weight excluding hydrogens is 446 g/mol. The molecule has 192 valence electrons. The Morgan fingerprint density at radius 1 is 1.09 bits per heavy atom. The zero-order valence-electron chi connectivity index (χ0n) is 21.6. The predicted octanol–water partition coefficient (Wildman–Crippen LogP) is 0.889. The first-order valence-corrected chi connectivity index (χ1v) is 12.3. The highest BCUT2D eigenvalue weighted by Crippen LogP contribution is 2.37. The van der Waals surface area contributed by atoms with E-state index in [1.54, 1.807) is 23.8 Å². The molecular formula is C26H39N5O4. The summed E-state index contributed by atoms with van der Waals surface area (Å²) in [6.07, 6.45) is 0.607. The minimum Gasteiger partial charge on any atom is -0.352 e. The smallest absolute Gasteiger partial charge is 0.246 e. The van der Waals surface area contributed by atoms with E-state index in [0.29, 0.717) is 19.5 Å². The van der Waals surface area contributed by atoms with Crippen molar-refractivity contribution in [3.63, 3.8) is 0 Å². The maximum Gasteiger partial charge on any atom is 0.246 e. The number of amides is 4. The van der Waals surface area contributed by atoms with Crippen LogP contribution in [0.25, 0.3) is 0 Å². The lowest BCUT2D eigenvalue weighted by Gasteiger charge is -2.37. The van der Waals surface area contributed by atoms with Crippen LogP contribution in [0.5, 0.6) is 0 Å². The van der Waals surface area contributed by atoms with Gasteiger partial charge in [-0.05, 0) is 31.4 Å². The molecule has 4 amide bonds. The van der Waals surface area contributed by atoms with Crippen LogP contribution in [-0.4, -0.2) is 77.7 Å². The third kappa shape index (κ3) is 5.83. The summed E-state index contributed by atoms with van der Waals surface area (Å²) < 4.78 is 0. The van der Waals surface area contributed by atoms with Gasteiger partial charge in [0.1, 0.15) is 6.04 Å². The number of likely N-dealkylation sites (N-methyl/N-ethyl adjacent to an activating group) is 1.